The first kappa shape index (κ1) is 20.7. The Morgan fingerprint density at radius 1 is 1.11 bits per heavy atom. The molecule has 2 aromatic carbocycles. The first-order chi connectivity index (χ1) is 12.5. The lowest BCUT2D eigenvalue weighted by molar-refractivity contribution is -0.124. The fourth-order valence-corrected chi connectivity index (χ4v) is 3.42. The molecule has 0 bridgehead atoms. The standard InChI is InChI=1S/C19H23FN2O4S/c1-13-11-16(27(24,25)22-15-7-5-14(20)6-8-15)9-10-17(13)26-12-18(23)21-19(2,3)4/h5-11,22H,12H2,1-4H3,(H,21,23). The minimum Gasteiger partial charge on any atom is -0.484 e. The molecule has 1 amide bonds. The zero-order valence-electron chi connectivity index (χ0n) is 15.7. The van der Waals surface area contributed by atoms with Gasteiger partial charge in [-0.1, -0.05) is 0 Å². The fraction of sp³-hybridized carbons (Fsp3) is 0.316. The molecule has 0 saturated carbocycles. The molecule has 0 aliphatic carbocycles. The Hall–Kier alpha value is -2.61. The van der Waals surface area contributed by atoms with Crippen LogP contribution in [0.5, 0.6) is 5.75 Å². The highest BCUT2D eigenvalue weighted by Crippen LogP contribution is 2.23. The Morgan fingerprint density at radius 3 is 2.30 bits per heavy atom. The molecule has 2 aromatic rings. The largest absolute Gasteiger partial charge is 0.484 e. The van der Waals surface area contributed by atoms with Gasteiger partial charge in [0.1, 0.15) is 11.6 Å². The summed E-state index contributed by atoms with van der Waals surface area (Å²) in [6, 6.07) is 9.35. The number of nitrogens with one attached hydrogen (secondary N) is 2. The maximum atomic E-state index is 12.9. The van der Waals surface area contributed by atoms with Gasteiger partial charge < -0.3 is 10.1 Å². The van der Waals surface area contributed by atoms with Crippen LogP contribution in [0.1, 0.15) is 26.3 Å². The lowest BCUT2D eigenvalue weighted by atomic mass is 10.1. The molecule has 0 radical (unpaired) electrons. The Morgan fingerprint density at radius 2 is 1.74 bits per heavy atom. The first-order valence-corrected chi connectivity index (χ1v) is 9.77. The van der Waals surface area contributed by atoms with Crippen LogP contribution in [0, 0.1) is 12.7 Å². The van der Waals surface area contributed by atoms with Crippen molar-refractivity contribution >= 4 is 21.6 Å². The van der Waals surface area contributed by atoms with Gasteiger partial charge in [-0.15, -0.1) is 0 Å². The molecule has 0 saturated heterocycles. The summed E-state index contributed by atoms with van der Waals surface area (Å²) < 4.78 is 45.7. The molecule has 8 heteroatoms. The van der Waals surface area contributed by atoms with Gasteiger partial charge in [-0.3, -0.25) is 9.52 Å². The van der Waals surface area contributed by atoms with Crippen molar-refractivity contribution in [1.82, 2.24) is 5.32 Å². The van der Waals surface area contributed by atoms with E-state index in [1.54, 1.807) is 6.92 Å². The fourth-order valence-electron chi connectivity index (χ4n) is 2.28. The van der Waals surface area contributed by atoms with E-state index in [9.17, 15) is 17.6 Å². The van der Waals surface area contributed by atoms with Crippen LogP contribution in [0.4, 0.5) is 10.1 Å². The van der Waals surface area contributed by atoms with Crippen molar-refractivity contribution in [2.75, 3.05) is 11.3 Å². The molecule has 0 aromatic heterocycles. The van der Waals surface area contributed by atoms with Gasteiger partial charge in [0, 0.05) is 11.2 Å². The number of aryl methyl sites for hydroxylation is 1. The summed E-state index contributed by atoms with van der Waals surface area (Å²) in [6.45, 7) is 7.11. The van der Waals surface area contributed by atoms with Crippen molar-refractivity contribution in [2.45, 2.75) is 38.1 Å². The van der Waals surface area contributed by atoms with Gasteiger partial charge in [0.2, 0.25) is 0 Å². The summed E-state index contributed by atoms with van der Waals surface area (Å²) in [5.74, 6) is -0.304. The van der Waals surface area contributed by atoms with E-state index in [-0.39, 0.29) is 28.6 Å². The molecule has 146 valence electrons. The van der Waals surface area contributed by atoms with E-state index in [0.717, 1.165) is 0 Å². The number of carbonyl (C=O) groups is 1. The number of benzene rings is 2. The van der Waals surface area contributed by atoms with Gasteiger partial charge in [0.25, 0.3) is 15.9 Å². The normalized spacial score (nSPS) is 11.7. The lowest BCUT2D eigenvalue weighted by Gasteiger charge is -2.20. The smallest absolute Gasteiger partial charge is 0.261 e. The SMILES string of the molecule is Cc1cc(S(=O)(=O)Nc2ccc(F)cc2)ccc1OCC(=O)NC(C)(C)C. The topological polar surface area (TPSA) is 84.5 Å². The van der Waals surface area contributed by atoms with E-state index in [1.807, 2.05) is 20.8 Å². The first-order valence-electron chi connectivity index (χ1n) is 8.29. The molecule has 0 aliphatic heterocycles. The van der Waals surface area contributed by atoms with Gasteiger partial charge >= 0.3 is 0 Å². The van der Waals surface area contributed by atoms with Crippen molar-refractivity contribution in [3.05, 3.63) is 53.8 Å². The van der Waals surface area contributed by atoms with E-state index >= 15 is 0 Å². The van der Waals surface area contributed by atoms with E-state index in [2.05, 4.69) is 10.0 Å². The van der Waals surface area contributed by atoms with E-state index in [4.69, 9.17) is 4.74 Å². The maximum Gasteiger partial charge on any atom is 0.261 e. The molecule has 0 atom stereocenters. The van der Waals surface area contributed by atoms with Gasteiger partial charge in [0.05, 0.1) is 4.90 Å². The molecule has 0 unspecified atom stereocenters. The maximum absolute atomic E-state index is 12.9. The molecule has 0 aliphatic rings. The number of hydrogen-bond acceptors (Lipinski definition) is 4. The van der Waals surface area contributed by atoms with Crippen LogP contribution < -0.4 is 14.8 Å². The number of carbonyl (C=O) groups excluding carboxylic acids is 1. The highest BCUT2D eigenvalue weighted by Gasteiger charge is 2.17. The average Bonchev–Trinajstić information content (AvgIpc) is 2.54. The van der Waals surface area contributed by atoms with Crippen molar-refractivity contribution < 1.29 is 22.3 Å². The second-order valence-corrected chi connectivity index (χ2v) is 8.81. The third kappa shape index (κ3) is 6.25. The molecule has 0 spiro atoms. The second-order valence-electron chi connectivity index (χ2n) is 7.13. The summed E-state index contributed by atoms with van der Waals surface area (Å²) >= 11 is 0. The minimum absolute atomic E-state index is 0.0378. The third-order valence-corrected chi connectivity index (χ3v) is 4.81. The quantitative estimate of drug-likeness (QED) is 0.788. The van der Waals surface area contributed by atoms with Crippen LogP contribution >= 0.6 is 0 Å². The van der Waals surface area contributed by atoms with Gasteiger partial charge in [-0.05, 0) is 75.7 Å². The summed E-state index contributed by atoms with van der Waals surface area (Å²) in [6.07, 6.45) is 0. The lowest BCUT2D eigenvalue weighted by Crippen LogP contribution is -2.43. The second kappa shape index (κ2) is 7.96. The van der Waals surface area contributed by atoms with Crippen molar-refractivity contribution in [1.29, 1.82) is 0 Å². The van der Waals surface area contributed by atoms with Crippen molar-refractivity contribution in [3.63, 3.8) is 0 Å². The molecular weight excluding hydrogens is 371 g/mol. The Kier molecular flexibility index (Phi) is 6.10. The molecule has 6 nitrogen and oxygen atoms in total. The summed E-state index contributed by atoms with van der Waals surface area (Å²) in [7, 11) is -3.83. The minimum atomic E-state index is -3.83. The number of amides is 1. The summed E-state index contributed by atoms with van der Waals surface area (Å²) in [5, 5.41) is 2.78. The predicted octanol–water partition coefficient (Wildman–Crippen LogP) is 3.23. The zero-order valence-corrected chi connectivity index (χ0v) is 16.5. The number of halogens is 1. The number of anilines is 1. The van der Waals surface area contributed by atoms with E-state index < -0.39 is 15.8 Å². The number of hydrogen-bond donors (Lipinski definition) is 2. The molecule has 2 N–H and O–H groups in total. The van der Waals surface area contributed by atoms with Crippen LogP contribution in [0.2, 0.25) is 0 Å². The zero-order chi connectivity index (χ0) is 20.2. The highest BCUT2D eigenvalue weighted by atomic mass is 32.2. The summed E-state index contributed by atoms with van der Waals surface area (Å²) in [5.41, 5.74) is 0.466. The molecule has 0 fully saturated rings. The van der Waals surface area contributed by atoms with Crippen LogP contribution in [-0.2, 0) is 14.8 Å². The van der Waals surface area contributed by atoms with Crippen LogP contribution in [0.15, 0.2) is 47.4 Å². The highest BCUT2D eigenvalue weighted by molar-refractivity contribution is 7.92. The van der Waals surface area contributed by atoms with Gasteiger partial charge in [-0.25, -0.2) is 12.8 Å². The van der Waals surface area contributed by atoms with Crippen LogP contribution in [-0.4, -0.2) is 26.5 Å². The molecular formula is C19H23FN2O4S. The Labute approximate surface area is 158 Å². The van der Waals surface area contributed by atoms with Crippen molar-refractivity contribution in [2.24, 2.45) is 0 Å². The molecule has 27 heavy (non-hydrogen) atoms. The average molecular weight is 394 g/mol. The van der Waals surface area contributed by atoms with Gasteiger partial charge in [-0.2, -0.15) is 0 Å². The molecule has 0 heterocycles. The van der Waals surface area contributed by atoms with Crippen LogP contribution in [0.3, 0.4) is 0 Å². The monoisotopic (exact) mass is 394 g/mol. The van der Waals surface area contributed by atoms with Gasteiger partial charge in [0.15, 0.2) is 6.61 Å². The number of sulfonamides is 1. The third-order valence-electron chi connectivity index (χ3n) is 3.43. The predicted molar refractivity (Wildman–Crippen MR) is 102 cm³/mol. The van der Waals surface area contributed by atoms with E-state index in [0.29, 0.717) is 11.3 Å². The van der Waals surface area contributed by atoms with E-state index in [1.165, 1.54) is 42.5 Å². The van der Waals surface area contributed by atoms with Crippen molar-refractivity contribution in [3.8, 4) is 5.75 Å². The number of ether oxygens (including phenoxy) is 1. The summed E-state index contributed by atoms with van der Waals surface area (Å²) in [4.78, 5) is 11.9. The Bertz CT molecular complexity index is 920. The Balaban J connectivity index is 2.08. The molecule has 2 rings (SSSR count). The number of rotatable bonds is 6. The van der Waals surface area contributed by atoms with Crippen LogP contribution in [0.25, 0.3) is 0 Å².